The van der Waals surface area contributed by atoms with Gasteiger partial charge in [0.05, 0.1) is 12.0 Å². The first kappa shape index (κ1) is 21.7. The maximum absolute atomic E-state index is 13.3. The Hall–Kier alpha value is -3.56. The lowest BCUT2D eigenvalue weighted by molar-refractivity contribution is -0.00575. The highest BCUT2D eigenvalue weighted by Gasteiger charge is 2.38. The third-order valence-corrected chi connectivity index (χ3v) is 6.98. The smallest absolute Gasteiger partial charge is 0.497 e. The molecule has 8 nitrogen and oxygen atoms in total. The normalized spacial score (nSPS) is 16.1. The van der Waals surface area contributed by atoms with E-state index in [1.54, 1.807) is 55.6 Å². The minimum atomic E-state index is -4.03. The molecule has 3 aromatic rings. The standard InChI is InChI=1S/C23H21NO7S/c1-29-17-6-8-18(9-7-17)30-19-10-12-20(13-11-19)32(27,28)24-15-14-16-4-2-3-5-21(16)22(24)31-23(25)26/h2-13,22H,14-15H2,1H3,(H,25,26). The van der Waals surface area contributed by atoms with E-state index in [4.69, 9.17) is 14.2 Å². The van der Waals surface area contributed by atoms with Gasteiger partial charge in [0.1, 0.15) is 17.2 Å². The SMILES string of the molecule is COc1ccc(Oc2ccc(S(=O)(=O)N3CCc4ccccc4C3OC(=O)O)cc2)cc1. The zero-order valence-corrected chi connectivity index (χ0v) is 18.0. The molecule has 1 N–H and O–H groups in total. The van der Waals surface area contributed by atoms with E-state index in [9.17, 15) is 18.3 Å². The van der Waals surface area contributed by atoms with E-state index in [0.717, 1.165) is 9.87 Å². The molecule has 1 aliphatic rings. The minimum Gasteiger partial charge on any atom is -0.497 e. The molecule has 0 bridgehead atoms. The quantitative estimate of drug-likeness (QED) is 0.549. The summed E-state index contributed by atoms with van der Waals surface area (Å²) in [5.74, 6) is 1.72. The Morgan fingerprint density at radius 2 is 1.53 bits per heavy atom. The van der Waals surface area contributed by atoms with Crippen LogP contribution in [0, 0.1) is 0 Å². The molecule has 4 rings (SSSR count). The fourth-order valence-corrected chi connectivity index (χ4v) is 5.06. The van der Waals surface area contributed by atoms with Crippen LogP contribution in [0.4, 0.5) is 4.79 Å². The zero-order valence-electron chi connectivity index (χ0n) is 17.2. The van der Waals surface area contributed by atoms with E-state index in [1.807, 2.05) is 12.1 Å². The topological polar surface area (TPSA) is 102 Å². The van der Waals surface area contributed by atoms with Crippen LogP contribution in [-0.4, -0.2) is 37.6 Å². The third-order valence-electron chi connectivity index (χ3n) is 5.12. The monoisotopic (exact) mass is 455 g/mol. The molecule has 0 spiro atoms. The molecule has 166 valence electrons. The minimum absolute atomic E-state index is 0.0120. The number of fused-ring (bicyclic) bond motifs is 1. The van der Waals surface area contributed by atoms with E-state index in [0.29, 0.717) is 29.2 Å². The summed E-state index contributed by atoms with van der Waals surface area (Å²) in [4.78, 5) is 11.3. The van der Waals surface area contributed by atoms with Crippen LogP contribution in [0.5, 0.6) is 17.2 Å². The first-order valence-corrected chi connectivity index (χ1v) is 11.2. The van der Waals surface area contributed by atoms with Crippen molar-refractivity contribution in [2.24, 2.45) is 0 Å². The molecule has 32 heavy (non-hydrogen) atoms. The van der Waals surface area contributed by atoms with Gasteiger partial charge in [0, 0.05) is 12.1 Å². The Morgan fingerprint density at radius 1 is 0.938 bits per heavy atom. The fourth-order valence-electron chi connectivity index (χ4n) is 3.56. The molecule has 0 saturated carbocycles. The number of sulfonamides is 1. The molecule has 0 radical (unpaired) electrons. The second-order valence-corrected chi connectivity index (χ2v) is 8.94. The predicted octanol–water partition coefficient (Wildman–Crippen LogP) is 4.43. The highest BCUT2D eigenvalue weighted by atomic mass is 32.2. The molecule has 9 heteroatoms. The number of rotatable bonds is 6. The maximum atomic E-state index is 13.3. The predicted molar refractivity (Wildman–Crippen MR) is 115 cm³/mol. The van der Waals surface area contributed by atoms with Gasteiger partial charge in [0.15, 0.2) is 6.23 Å². The van der Waals surface area contributed by atoms with Crippen molar-refractivity contribution in [3.8, 4) is 17.2 Å². The average molecular weight is 455 g/mol. The van der Waals surface area contributed by atoms with Gasteiger partial charge in [0.25, 0.3) is 0 Å². The summed E-state index contributed by atoms with van der Waals surface area (Å²) < 4.78 is 43.6. The summed E-state index contributed by atoms with van der Waals surface area (Å²) in [6.07, 6.45) is -2.35. The largest absolute Gasteiger partial charge is 0.507 e. The summed E-state index contributed by atoms with van der Waals surface area (Å²) in [6, 6.07) is 20.0. The number of benzene rings is 3. The van der Waals surface area contributed by atoms with Crippen LogP contribution in [0.15, 0.2) is 77.7 Å². The molecule has 1 heterocycles. The maximum Gasteiger partial charge on any atom is 0.507 e. The molecule has 1 atom stereocenters. The lowest BCUT2D eigenvalue weighted by Crippen LogP contribution is -2.41. The van der Waals surface area contributed by atoms with Gasteiger partial charge in [-0.1, -0.05) is 24.3 Å². The lowest BCUT2D eigenvalue weighted by Gasteiger charge is -2.34. The van der Waals surface area contributed by atoms with Gasteiger partial charge in [0.2, 0.25) is 10.0 Å². The van der Waals surface area contributed by atoms with Gasteiger partial charge in [-0.2, -0.15) is 4.31 Å². The number of hydrogen-bond donors (Lipinski definition) is 1. The van der Waals surface area contributed by atoms with Gasteiger partial charge in [-0.3, -0.25) is 0 Å². The molecule has 1 unspecified atom stereocenters. The van der Waals surface area contributed by atoms with Crippen LogP contribution >= 0.6 is 0 Å². The van der Waals surface area contributed by atoms with Gasteiger partial charge in [-0.25, -0.2) is 13.2 Å². The van der Waals surface area contributed by atoms with Crippen LogP contribution in [0.1, 0.15) is 17.4 Å². The van der Waals surface area contributed by atoms with Gasteiger partial charge in [-0.15, -0.1) is 0 Å². The van der Waals surface area contributed by atoms with Crippen molar-refractivity contribution in [2.45, 2.75) is 17.5 Å². The summed E-state index contributed by atoms with van der Waals surface area (Å²) in [5.41, 5.74) is 1.37. The highest BCUT2D eigenvalue weighted by Crippen LogP contribution is 2.35. The molecule has 0 saturated heterocycles. The Bertz CT molecular complexity index is 1210. The number of carbonyl (C=O) groups is 1. The number of methoxy groups -OCH3 is 1. The van der Waals surface area contributed by atoms with Crippen molar-refractivity contribution < 1.29 is 32.5 Å². The first-order chi connectivity index (χ1) is 15.4. The van der Waals surface area contributed by atoms with Crippen LogP contribution in [0.3, 0.4) is 0 Å². The summed E-state index contributed by atoms with van der Waals surface area (Å²) in [7, 11) is -2.45. The molecular weight excluding hydrogens is 434 g/mol. The Kier molecular flexibility index (Phi) is 6.02. The highest BCUT2D eigenvalue weighted by molar-refractivity contribution is 7.89. The zero-order chi connectivity index (χ0) is 22.7. The first-order valence-electron chi connectivity index (χ1n) is 9.79. The second-order valence-electron chi connectivity index (χ2n) is 7.05. The number of hydrogen-bond acceptors (Lipinski definition) is 6. The van der Waals surface area contributed by atoms with Crippen molar-refractivity contribution in [3.63, 3.8) is 0 Å². The lowest BCUT2D eigenvalue weighted by atomic mass is 10.00. The van der Waals surface area contributed by atoms with Crippen molar-refractivity contribution in [1.82, 2.24) is 4.31 Å². The van der Waals surface area contributed by atoms with Crippen molar-refractivity contribution in [2.75, 3.05) is 13.7 Å². The molecule has 0 amide bonds. The molecular formula is C23H21NO7S. The Labute approximate surface area is 185 Å². The van der Waals surface area contributed by atoms with Crippen LogP contribution in [0.2, 0.25) is 0 Å². The van der Waals surface area contributed by atoms with Gasteiger partial charge < -0.3 is 19.3 Å². The van der Waals surface area contributed by atoms with E-state index < -0.39 is 22.4 Å². The summed E-state index contributed by atoms with van der Waals surface area (Å²) in [5, 5.41) is 9.19. The number of carboxylic acid groups (broad SMARTS) is 1. The number of ether oxygens (including phenoxy) is 3. The summed E-state index contributed by atoms with van der Waals surface area (Å²) >= 11 is 0. The van der Waals surface area contributed by atoms with Gasteiger partial charge in [-0.05, 0) is 60.5 Å². The summed E-state index contributed by atoms with van der Waals surface area (Å²) in [6.45, 7) is 0.0986. The second kappa shape index (κ2) is 8.89. The van der Waals surface area contributed by atoms with Gasteiger partial charge >= 0.3 is 6.16 Å². The van der Waals surface area contributed by atoms with E-state index in [-0.39, 0.29) is 11.4 Å². The fraction of sp³-hybridized carbons (Fsp3) is 0.174. The van der Waals surface area contributed by atoms with E-state index in [2.05, 4.69) is 0 Å². The van der Waals surface area contributed by atoms with Crippen molar-refractivity contribution >= 4 is 16.2 Å². The Morgan fingerprint density at radius 3 is 2.16 bits per heavy atom. The van der Waals surface area contributed by atoms with Crippen LogP contribution in [0.25, 0.3) is 0 Å². The Balaban J connectivity index is 1.58. The van der Waals surface area contributed by atoms with E-state index >= 15 is 0 Å². The molecule has 3 aromatic carbocycles. The molecule has 0 aromatic heterocycles. The van der Waals surface area contributed by atoms with E-state index in [1.165, 1.54) is 12.1 Å². The molecule has 1 aliphatic heterocycles. The number of nitrogens with zero attached hydrogens (tertiary/aromatic N) is 1. The third kappa shape index (κ3) is 4.39. The van der Waals surface area contributed by atoms with Crippen molar-refractivity contribution in [3.05, 3.63) is 83.9 Å². The molecule has 0 fully saturated rings. The van der Waals surface area contributed by atoms with Crippen LogP contribution in [-0.2, 0) is 21.2 Å². The molecule has 0 aliphatic carbocycles. The van der Waals surface area contributed by atoms with Crippen LogP contribution < -0.4 is 9.47 Å². The van der Waals surface area contributed by atoms with Crippen molar-refractivity contribution in [1.29, 1.82) is 0 Å². The average Bonchev–Trinajstić information content (AvgIpc) is 2.80.